The molecule has 0 spiro atoms. The summed E-state index contributed by atoms with van der Waals surface area (Å²) >= 11 is 0. The molecule has 0 radical (unpaired) electrons. The molecule has 0 saturated carbocycles. The highest BCUT2D eigenvalue weighted by Crippen LogP contribution is 2.26. The molecule has 1 N–H and O–H groups in total. The molecule has 8 heteroatoms. The molecule has 0 bridgehead atoms. The number of likely N-dealkylation sites (tertiary alicyclic amines) is 2. The molecular formula is C27H34FN3O4. The third-order valence-electron chi connectivity index (χ3n) is 7.00. The molecular weight excluding hydrogens is 449 g/mol. The Balaban J connectivity index is 1.22. The van der Waals surface area contributed by atoms with Gasteiger partial charge in [0.25, 0.3) is 5.91 Å². The first kappa shape index (κ1) is 25.0. The molecule has 188 valence electrons. The van der Waals surface area contributed by atoms with Gasteiger partial charge in [-0.2, -0.15) is 0 Å². The predicted molar refractivity (Wildman–Crippen MR) is 131 cm³/mol. The van der Waals surface area contributed by atoms with Crippen LogP contribution in [0.25, 0.3) is 0 Å². The topological polar surface area (TPSA) is 71.1 Å². The Morgan fingerprint density at radius 2 is 1.51 bits per heavy atom. The number of amides is 2. The van der Waals surface area contributed by atoms with Crippen molar-refractivity contribution in [2.24, 2.45) is 5.92 Å². The highest BCUT2D eigenvalue weighted by Gasteiger charge is 2.30. The van der Waals surface area contributed by atoms with Crippen LogP contribution in [0, 0.1) is 11.7 Å². The number of nitrogens with one attached hydrogen (secondary N) is 1. The van der Waals surface area contributed by atoms with E-state index in [-0.39, 0.29) is 29.6 Å². The average Bonchev–Trinajstić information content (AvgIpc) is 2.90. The molecule has 2 aliphatic rings. The van der Waals surface area contributed by atoms with Gasteiger partial charge in [0, 0.05) is 56.3 Å². The number of nitrogens with zero attached hydrogens (tertiary/aromatic N) is 2. The predicted octanol–water partition coefficient (Wildman–Crippen LogP) is 3.48. The minimum absolute atomic E-state index is 0.0730. The smallest absolute Gasteiger partial charge is 0.254 e. The lowest BCUT2D eigenvalue weighted by molar-refractivity contribution is -0.127. The summed E-state index contributed by atoms with van der Waals surface area (Å²) in [6.07, 6.45) is 3.12. The third kappa shape index (κ3) is 6.51. The molecule has 0 unspecified atom stereocenters. The number of methoxy groups -OCH3 is 2. The summed E-state index contributed by atoms with van der Waals surface area (Å²) in [5.41, 5.74) is 1.62. The van der Waals surface area contributed by atoms with Crippen molar-refractivity contribution in [3.63, 3.8) is 0 Å². The second-order valence-electron chi connectivity index (χ2n) is 9.35. The van der Waals surface area contributed by atoms with Gasteiger partial charge in [-0.25, -0.2) is 4.39 Å². The molecule has 0 aliphatic carbocycles. The Kier molecular flexibility index (Phi) is 8.23. The number of hydrogen-bond donors (Lipinski definition) is 1. The molecule has 2 aromatic rings. The first-order valence-corrected chi connectivity index (χ1v) is 12.2. The maximum Gasteiger partial charge on any atom is 0.254 e. The number of hydrogen-bond acceptors (Lipinski definition) is 5. The number of benzene rings is 2. The monoisotopic (exact) mass is 483 g/mol. The van der Waals surface area contributed by atoms with Gasteiger partial charge in [-0.1, -0.05) is 12.1 Å². The van der Waals surface area contributed by atoms with E-state index in [1.807, 2.05) is 12.1 Å². The van der Waals surface area contributed by atoms with Crippen molar-refractivity contribution in [3.8, 4) is 11.5 Å². The zero-order chi connectivity index (χ0) is 24.8. The summed E-state index contributed by atoms with van der Waals surface area (Å²) in [5, 5.41) is 3.23. The van der Waals surface area contributed by atoms with Crippen LogP contribution < -0.4 is 14.8 Å². The van der Waals surface area contributed by atoms with Crippen LogP contribution in [0.2, 0.25) is 0 Å². The van der Waals surface area contributed by atoms with Crippen molar-refractivity contribution in [2.75, 3.05) is 40.4 Å². The summed E-state index contributed by atoms with van der Waals surface area (Å²) in [4.78, 5) is 30.0. The molecule has 35 heavy (non-hydrogen) atoms. The molecule has 2 aliphatic heterocycles. The van der Waals surface area contributed by atoms with Crippen molar-refractivity contribution < 1.29 is 23.5 Å². The Morgan fingerprint density at radius 3 is 2.09 bits per heavy atom. The van der Waals surface area contributed by atoms with Crippen LogP contribution in [0.1, 0.15) is 41.6 Å². The zero-order valence-electron chi connectivity index (χ0n) is 20.5. The zero-order valence-corrected chi connectivity index (χ0v) is 20.5. The molecule has 7 nitrogen and oxygen atoms in total. The fourth-order valence-electron chi connectivity index (χ4n) is 4.86. The quantitative estimate of drug-likeness (QED) is 0.653. The van der Waals surface area contributed by atoms with Gasteiger partial charge in [0.2, 0.25) is 5.91 Å². The third-order valence-corrected chi connectivity index (χ3v) is 7.00. The second kappa shape index (κ2) is 11.5. The maximum atomic E-state index is 13.1. The van der Waals surface area contributed by atoms with E-state index >= 15 is 0 Å². The lowest BCUT2D eigenvalue weighted by Crippen LogP contribution is -2.48. The van der Waals surface area contributed by atoms with Crippen LogP contribution >= 0.6 is 0 Å². The van der Waals surface area contributed by atoms with E-state index in [1.165, 1.54) is 12.1 Å². The van der Waals surface area contributed by atoms with Crippen LogP contribution in [0.5, 0.6) is 11.5 Å². The van der Waals surface area contributed by atoms with Gasteiger partial charge in [-0.3, -0.25) is 14.5 Å². The van der Waals surface area contributed by atoms with Gasteiger partial charge in [-0.15, -0.1) is 0 Å². The fourth-order valence-corrected chi connectivity index (χ4v) is 4.86. The summed E-state index contributed by atoms with van der Waals surface area (Å²) in [5.74, 6) is 0.880. The number of carbonyl (C=O) groups is 2. The molecule has 2 aromatic carbocycles. The second-order valence-corrected chi connectivity index (χ2v) is 9.35. The number of halogens is 1. The Morgan fingerprint density at radius 1 is 0.914 bits per heavy atom. The Labute approximate surface area is 206 Å². The van der Waals surface area contributed by atoms with Crippen LogP contribution in [0.15, 0.2) is 42.5 Å². The largest absolute Gasteiger partial charge is 0.497 e. The van der Waals surface area contributed by atoms with Crippen molar-refractivity contribution in [2.45, 2.75) is 38.3 Å². The normalized spacial score (nSPS) is 17.7. The van der Waals surface area contributed by atoms with E-state index in [0.29, 0.717) is 43.0 Å². The molecule has 4 rings (SSSR count). The van der Waals surface area contributed by atoms with Crippen molar-refractivity contribution >= 4 is 11.8 Å². The SMILES string of the molecule is COc1cc(OC)cc(C(=O)N2CCC(C(=O)NC3CCN(Cc4ccc(F)cc4)CC3)CC2)c1. The highest BCUT2D eigenvalue weighted by atomic mass is 19.1. The van der Waals surface area contributed by atoms with Crippen molar-refractivity contribution in [3.05, 3.63) is 59.4 Å². The molecule has 2 fully saturated rings. The molecule has 0 aromatic heterocycles. The molecule has 2 heterocycles. The van der Waals surface area contributed by atoms with Gasteiger partial charge < -0.3 is 19.7 Å². The maximum absolute atomic E-state index is 13.1. The minimum Gasteiger partial charge on any atom is -0.497 e. The summed E-state index contributed by atoms with van der Waals surface area (Å²) in [6.45, 7) is 3.70. The van der Waals surface area contributed by atoms with Gasteiger partial charge in [0.15, 0.2) is 0 Å². The number of carbonyl (C=O) groups excluding carboxylic acids is 2. The lowest BCUT2D eigenvalue weighted by Gasteiger charge is -2.35. The van der Waals surface area contributed by atoms with Gasteiger partial charge in [-0.05, 0) is 55.5 Å². The van der Waals surface area contributed by atoms with Crippen LogP contribution in [0.3, 0.4) is 0 Å². The molecule has 0 atom stereocenters. The van der Waals surface area contributed by atoms with Crippen molar-refractivity contribution in [1.82, 2.24) is 15.1 Å². The number of piperidine rings is 2. The highest BCUT2D eigenvalue weighted by molar-refractivity contribution is 5.95. The Bertz CT molecular complexity index is 991. The van der Waals surface area contributed by atoms with E-state index < -0.39 is 0 Å². The van der Waals surface area contributed by atoms with E-state index in [1.54, 1.807) is 37.3 Å². The van der Waals surface area contributed by atoms with E-state index in [9.17, 15) is 14.0 Å². The van der Waals surface area contributed by atoms with E-state index in [0.717, 1.165) is 38.0 Å². The minimum atomic E-state index is -0.217. The first-order chi connectivity index (χ1) is 16.9. The van der Waals surface area contributed by atoms with Crippen molar-refractivity contribution in [1.29, 1.82) is 0 Å². The van der Waals surface area contributed by atoms with E-state index in [2.05, 4.69) is 10.2 Å². The summed E-state index contributed by atoms with van der Waals surface area (Å²) in [7, 11) is 3.12. The van der Waals surface area contributed by atoms with Gasteiger partial charge in [0.05, 0.1) is 14.2 Å². The van der Waals surface area contributed by atoms with Crippen LogP contribution in [0.4, 0.5) is 4.39 Å². The Hall–Kier alpha value is -3.13. The molecule has 2 saturated heterocycles. The summed E-state index contributed by atoms with van der Waals surface area (Å²) in [6, 6.07) is 12.0. The van der Waals surface area contributed by atoms with Crippen LogP contribution in [-0.2, 0) is 11.3 Å². The van der Waals surface area contributed by atoms with Gasteiger partial charge in [0.1, 0.15) is 17.3 Å². The van der Waals surface area contributed by atoms with Crippen LogP contribution in [-0.4, -0.2) is 68.1 Å². The van der Waals surface area contributed by atoms with Gasteiger partial charge >= 0.3 is 0 Å². The average molecular weight is 484 g/mol. The van der Waals surface area contributed by atoms with E-state index in [4.69, 9.17) is 9.47 Å². The lowest BCUT2D eigenvalue weighted by atomic mass is 9.94. The number of rotatable bonds is 7. The standard InChI is InChI=1S/C27H34FN3O4/c1-34-24-15-21(16-25(17-24)35-2)27(33)31-13-7-20(8-14-31)26(32)29-23-9-11-30(12-10-23)18-19-3-5-22(28)6-4-19/h3-6,15-17,20,23H,7-14,18H2,1-2H3,(H,29,32). The fraction of sp³-hybridized carbons (Fsp3) is 0.481. The molecule has 2 amide bonds. The number of ether oxygens (including phenoxy) is 2. The summed E-state index contributed by atoms with van der Waals surface area (Å²) < 4.78 is 23.7. The first-order valence-electron chi connectivity index (χ1n) is 12.2.